The van der Waals surface area contributed by atoms with Gasteiger partial charge in [-0.1, -0.05) is 59.2 Å². The summed E-state index contributed by atoms with van der Waals surface area (Å²) in [6.07, 6.45) is 0.902. The first-order chi connectivity index (χ1) is 13.8. The van der Waals surface area contributed by atoms with Gasteiger partial charge in [-0.2, -0.15) is 0 Å². The van der Waals surface area contributed by atoms with E-state index in [1.165, 1.54) is 11.8 Å². The molecule has 2 aromatic carbocycles. The van der Waals surface area contributed by atoms with E-state index in [-0.39, 0.29) is 5.91 Å². The third-order valence-electron chi connectivity index (χ3n) is 4.78. The van der Waals surface area contributed by atoms with Crippen molar-refractivity contribution < 1.29 is 14.7 Å². The van der Waals surface area contributed by atoms with E-state index in [1.807, 2.05) is 12.1 Å². The summed E-state index contributed by atoms with van der Waals surface area (Å²) in [5, 5.41) is 10.7. The number of amides is 1. The van der Waals surface area contributed by atoms with Crippen molar-refractivity contribution in [3.63, 3.8) is 0 Å². The van der Waals surface area contributed by atoms with E-state index in [9.17, 15) is 9.59 Å². The maximum atomic E-state index is 12.7. The Morgan fingerprint density at radius 3 is 2.14 bits per heavy atom. The van der Waals surface area contributed by atoms with Gasteiger partial charge in [-0.3, -0.25) is 9.59 Å². The van der Waals surface area contributed by atoms with Crippen LogP contribution in [0.2, 0.25) is 15.1 Å². The number of halogens is 3. The Kier molecular flexibility index (Phi) is 7.17. The molecule has 1 fully saturated rings. The fraction of sp³-hybridized carbons (Fsp3) is 0.238. The molecule has 1 amide bonds. The summed E-state index contributed by atoms with van der Waals surface area (Å²) in [6, 6.07) is 10.6. The van der Waals surface area contributed by atoms with Crippen molar-refractivity contribution in [1.29, 1.82) is 0 Å². The maximum Gasteiger partial charge on any atom is 0.306 e. The molecule has 0 aromatic heterocycles. The maximum absolute atomic E-state index is 12.7. The molecule has 3 rings (SSSR count). The molecule has 1 saturated heterocycles. The minimum atomic E-state index is -0.809. The number of rotatable bonds is 5. The number of nitrogens with zero attached hydrogens (tertiary/aromatic N) is 1. The van der Waals surface area contributed by atoms with Crippen molar-refractivity contribution in [1.82, 2.24) is 4.90 Å². The summed E-state index contributed by atoms with van der Waals surface area (Å²) in [6.45, 7) is 4.74. The van der Waals surface area contributed by atoms with Gasteiger partial charge in [0.2, 0.25) is 0 Å². The number of carbonyl (C=O) groups is 2. The Bertz CT molecular complexity index is 972. The van der Waals surface area contributed by atoms with Crippen LogP contribution in [0.5, 0.6) is 0 Å². The highest BCUT2D eigenvalue weighted by Gasteiger charge is 2.28. The molecule has 0 bridgehead atoms. The molecule has 1 heterocycles. The lowest BCUT2D eigenvalue weighted by molar-refractivity contribution is -0.144. The van der Waals surface area contributed by atoms with Crippen LogP contribution in [0.1, 0.15) is 18.4 Å². The summed E-state index contributed by atoms with van der Waals surface area (Å²) in [5.74, 6) is -1.40. The van der Waals surface area contributed by atoms with E-state index >= 15 is 0 Å². The number of piperidine rings is 1. The second-order valence-corrected chi connectivity index (χ2v) is 9.04. The molecule has 1 aliphatic heterocycles. The van der Waals surface area contributed by atoms with Crippen LogP contribution >= 0.6 is 46.6 Å². The highest BCUT2D eigenvalue weighted by atomic mass is 35.5. The fourth-order valence-corrected chi connectivity index (χ4v) is 4.73. The molecule has 152 valence electrons. The van der Waals surface area contributed by atoms with Gasteiger partial charge >= 0.3 is 5.97 Å². The Hall–Kier alpha value is -1.66. The number of aliphatic carboxylic acids is 1. The lowest BCUT2D eigenvalue weighted by Gasteiger charge is -2.30. The topological polar surface area (TPSA) is 57.6 Å². The number of hydrogen-bond donors (Lipinski definition) is 1. The van der Waals surface area contributed by atoms with Gasteiger partial charge < -0.3 is 10.0 Å². The molecule has 8 heteroatoms. The third-order valence-corrected chi connectivity index (χ3v) is 7.02. The first-order valence-electron chi connectivity index (χ1n) is 8.90. The third kappa shape index (κ3) is 5.28. The molecular formula is C21H18Cl3NO3S. The number of carboxylic acid groups (broad SMARTS) is 1. The lowest BCUT2D eigenvalue weighted by Crippen LogP contribution is -2.40. The molecule has 1 aliphatic rings. The Morgan fingerprint density at radius 2 is 1.59 bits per heavy atom. The predicted octanol–water partition coefficient (Wildman–Crippen LogP) is 6.13. The van der Waals surface area contributed by atoms with E-state index in [2.05, 4.69) is 6.58 Å². The second-order valence-electron chi connectivity index (χ2n) is 6.71. The molecule has 0 radical (unpaired) electrons. The predicted molar refractivity (Wildman–Crippen MR) is 118 cm³/mol. The van der Waals surface area contributed by atoms with E-state index in [0.29, 0.717) is 52.1 Å². The van der Waals surface area contributed by atoms with Gasteiger partial charge in [-0.15, -0.1) is 0 Å². The molecular weight excluding hydrogens is 453 g/mol. The summed E-state index contributed by atoms with van der Waals surface area (Å²) in [5.41, 5.74) is 0.966. The smallest absolute Gasteiger partial charge is 0.306 e. The quantitative estimate of drug-likeness (QED) is 0.534. The van der Waals surface area contributed by atoms with Gasteiger partial charge in [0, 0.05) is 33.5 Å². The van der Waals surface area contributed by atoms with Crippen molar-refractivity contribution in [2.24, 2.45) is 5.92 Å². The van der Waals surface area contributed by atoms with E-state index in [4.69, 9.17) is 39.9 Å². The molecule has 0 atom stereocenters. The molecule has 0 unspecified atom stereocenters. The van der Waals surface area contributed by atoms with Gasteiger partial charge in [0.1, 0.15) is 0 Å². The van der Waals surface area contributed by atoms with Gasteiger partial charge in [-0.25, -0.2) is 0 Å². The van der Waals surface area contributed by atoms with Gasteiger partial charge in [-0.05, 0) is 48.7 Å². The summed E-state index contributed by atoms with van der Waals surface area (Å²) in [4.78, 5) is 27.1. The molecule has 4 nitrogen and oxygen atoms in total. The Labute approximate surface area is 188 Å². The lowest BCUT2D eigenvalue weighted by atomic mass is 9.96. The molecule has 0 spiro atoms. The number of carboxylic acids is 1. The molecule has 2 aromatic rings. The van der Waals surface area contributed by atoms with Crippen molar-refractivity contribution in [2.45, 2.75) is 22.6 Å². The Balaban J connectivity index is 1.70. The second kappa shape index (κ2) is 9.43. The van der Waals surface area contributed by atoms with Crippen LogP contribution in [0.15, 0.2) is 52.8 Å². The number of carbonyl (C=O) groups excluding carboxylic acids is 1. The minimum Gasteiger partial charge on any atom is -0.481 e. The first-order valence-corrected chi connectivity index (χ1v) is 10.8. The van der Waals surface area contributed by atoms with Crippen LogP contribution in [-0.2, 0) is 9.59 Å². The normalized spacial score (nSPS) is 14.7. The van der Waals surface area contributed by atoms with E-state index in [0.717, 1.165) is 9.79 Å². The Morgan fingerprint density at radius 1 is 1.00 bits per heavy atom. The zero-order chi connectivity index (χ0) is 21.1. The van der Waals surface area contributed by atoms with Crippen LogP contribution in [0, 0.1) is 5.92 Å². The zero-order valence-electron chi connectivity index (χ0n) is 15.3. The number of likely N-dealkylation sites (tertiary alicyclic amines) is 1. The van der Waals surface area contributed by atoms with Crippen LogP contribution in [-0.4, -0.2) is 35.0 Å². The van der Waals surface area contributed by atoms with Crippen molar-refractivity contribution in [2.75, 3.05) is 13.1 Å². The monoisotopic (exact) mass is 469 g/mol. The standard InChI is InChI=1S/C21H18Cl3NO3S/c1-12(20(26)25-8-6-13(7-9-25)21(27)28)14-2-4-18(16(23)10-14)29-19-5-3-15(22)11-17(19)24/h2-5,10-11,13H,1,6-9H2,(H,27,28). The highest BCUT2D eigenvalue weighted by molar-refractivity contribution is 7.99. The average Bonchev–Trinajstić information content (AvgIpc) is 2.70. The van der Waals surface area contributed by atoms with Crippen LogP contribution in [0.25, 0.3) is 5.57 Å². The van der Waals surface area contributed by atoms with Crippen molar-refractivity contribution in [3.8, 4) is 0 Å². The minimum absolute atomic E-state index is 0.203. The van der Waals surface area contributed by atoms with Gasteiger partial charge in [0.15, 0.2) is 0 Å². The van der Waals surface area contributed by atoms with Gasteiger partial charge in [0.25, 0.3) is 5.91 Å². The summed E-state index contributed by atoms with van der Waals surface area (Å²) >= 11 is 20.0. The molecule has 1 N–H and O–H groups in total. The van der Waals surface area contributed by atoms with Crippen LogP contribution in [0.3, 0.4) is 0 Å². The first kappa shape index (κ1) is 22.0. The number of benzene rings is 2. The molecule has 0 saturated carbocycles. The van der Waals surface area contributed by atoms with Crippen molar-refractivity contribution in [3.05, 3.63) is 63.6 Å². The van der Waals surface area contributed by atoms with E-state index in [1.54, 1.807) is 29.2 Å². The summed E-state index contributed by atoms with van der Waals surface area (Å²) < 4.78 is 0. The van der Waals surface area contributed by atoms with Crippen molar-refractivity contribution >= 4 is 64.0 Å². The van der Waals surface area contributed by atoms with E-state index < -0.39 is 11.9 Å². The molecule has 29 heavy (non-hydrogen) atoms. The largest absolute Gasteiger partial charge is 0.481 e. The highest BCUT2D eigenvalue weighted by Crippen LogP contribution is 2.39. The van der Waals surface area contributed by atoms with Crippen LogP contribution < -0.4 is 0 Å². The van der Waals surface area contributed by atoms with Gasteiger partial charge in [0.05, 0.1) is 16.0 Å². The average molecular weight is 471 g/mol. The number of hydrogen-bond acceptors (Lipinski definition) is 3. The SMILES string of the molecule is C=C(C(=O)N1CCC(C(=O)O)CC1)c1ccc(Sc2ccc(Cl)cc2Cl)c(Cl)c1. The summed E-state index contributed by atoms with van der Waals surface area (Å²) in [7, 11) is 0. The van der Waals surface area contributed by atoms with Crippen LogP contribution in [0.4, 0.5) is 0 Å². The zero-order valence-corrected chi connectivity index (χ0v) is 18.4. The fourth-order valence-electron chi connectivity index (χ4n) is 3.09. The molecule has 0 aliphatic carbocycles.